The van der Waals surface area contributed by atoms with Crippen molar-refractivity contribution >= 4 is 23.5 Å². The molecule has 0 fully saturated rings. The summed E-state index contributed by atoms with van der Waals surface area (Å²) >= 11 is 3.92. The van der Waals surface area contributed by atoms with E-state index in [1.165, 1.54) is 43.2 Å². The zero-order valence-corrected chi connectivity index (χ0v) is 22.1. The molecule has 2 aromatic rings. The van der Waals surface area contributed by atoms with Gasteiger partial charge in [-0.3, -0.25) is 0 Å². The first-order valence-electron chi connectivity index (χ1n) is 9.47. The van der Waals surface area contributed by atoms with Gasteiger partial charge in [0.15, 0.2) is 0 Å². The van der Waals surface area contributed by atoms with Gasteiger partial charge in [0.05, 0.1) is 0 Å². The SMILES string of the molecule is C[c-]1[cH-][c-](SC(C)(C)C)[c-](C)[c-]1C.Cc1cc(SC(C)(C)C)c(C)[c-]1C.[Fe]. The van der Waals surface area contributed by atoms with E-state index in [1.807, 2.05) is 23.5 Å². The molecule has 0 aliphatic carbocycles. The normalized spacial score (nSPS) is 11.7. The molecule has 0 radical (unpaired) electrons. The molecule has 27 heavy (non-hydrogen) atoms. The van der Waals surface area contributed by atoms with Gasteiger partial charge >= 0.3 is 0 Å². The Hall–Kier alpha value is -0.0805. The number of rotatable bonds is 2. The van der Waals surface area contributed by atoms with Crippen LogP contribution >= 0.6 is 23.5 Å². The van der Waals surface area contributed by atoms with Crippen molar-refractivity contribution in [2.24, 2.45) is 0 Å². The quantitative estimate of drug-likeness (QED) is 0.258. The van der Waals surface area contributed by atoms with Crippen LogP contribution in [0, 0.1) is 41.5 Å². The monoisotopic (exact) mass is 446 g/mol. The molecule has 2 aromatic carbocycles. The van der Waals surface area contributed by atoms with E-state index < -0.39 is 0 Å². The molecule has 0 saturated heterocycles. The van der Waals surface area contributed by atoms with E-state index in [1.54, 1.807) is 0 Å². The third-order valence-corrected chi connectivity index (χ3v) is 7.09. The van der Waals surface area contributed by atoms with Crippen LogP contribution in [0.3, 0.4) is 0 Å². The number of aryl methyl sites for hydroxylation is 2. The molecule has 0 atom stereocenters. The van der Waals surface area contributed by atoms with Gasteiger partial charge in [0.2, 0.25) is 0 Å². The van der Waals surface area contributed by atoms with Gasteiger partial charge in [-0.05, 0) is 9.49 Å². The van der Waals surface area contributed by atoms with Gasteiger partial charge in [0.25, 0.3) is 0 Å². The molecule has 0 nitrogen and oxygen atoms in total. The maximum atomic E-state index is 2.31. The molecule has 0 unspecified atom stereocenters. The molecule has 0 heterocycles. The van der Waals surface area contributed by atoms with E-state index in [9.17, 15) is 0 Å². The summed E-state index contributed by atoms with van der Waals surface area (Å²) in [6, 6.07) is 4.61. The smallest absolute Gasteiger partial charge is 0 e. The van der Waals surface area contributed by atoms with Crippen molar-refractivity contribution in [3.8, 4) is 0 Å². The standard InChI is InChI=1S/2C12H19S.Fe/c2*1-8-7-11(10(3)9(8)2)13-12(4,5)6;/h2*7H,1-6H3;/q-5;-1;. The van der Waals surface area contributed by atoms with Crippen LogP contribution in [-0.4, -0.2) is 9.49 Å². The van der Waals surface area contributed by atoms with E-state index >= 15 is 0 Å². The topological polar surface area (TPSA) is 0 Å². The van der Waals surface area contributed by atoms with Gasteiger partial charge in [0, 0.05) is 17.1 Å². The van der Waals surface area contributed by atoms with Crippen molar-refractivity contribution < 1.29 is 17.1 Å². The number of thioether (sulfide) groups is 2. The first kappa shape index (κ1) is 26.9. The van der Waals surface area contributed by atoms with Crippen molar-refractivity contribution in [1.82, 2.24) is 0 Å². The predicted molar refractivity (Wildman–Crippen MR) is 124 cm³/mol. The molecule has 0 amide bonds. The molecule has 0 N–H and O–H groups in total. The summed E-state index contributed by atoms with van der Waals surface area (Å²) in [5.41, 5.74) is 8.65. The van der Waals surface area contributed by atoms with Crippen molar-refractivity contribution in [2.75, 3.05) is 0 Å². The Balaban J connectivity index is 0.000000483. The zero-order chi connectivity index (χ0) is 20.4. The molecule has 0 aromatic heterocycles. The average Bonchev–Trinajstić information content (AvgIpc) is 2.82. The molecule has 160 valence electrons. The molecular weight excluding hydrogens is 408 g/mol. The second kappa shape index (κ2) is 10.1. The number of hydrogen-bond acceptors (Lipinski definition) is 2. The molecule has 2 rings (SSSR count). The molecule has 3 heteroatoms. The molecule has 0 saturated carbocycles. The zero-order valence-electron chi connectivity index (χ0n) is 19.3. The van der Waals surface area contributed by atoms with Gasteiger partial charge in [0.1, 0.15) is 0 Å². The van der Waals surface area contributed by atoms with Crippen LogP contribution in [0.5, 0.6) is 0 Å². The van der Waals surface area contributed by atoms with Gasteiger partial charge in [-0.15, -0.1) is 4.90 Å². The first-order valence-corrected chi connectivity index (χ1v) is 11.1. The minimum absolute atomic E-state index is 0. The van der Waals surface area contributed by atoms with E-state index in [0.29, 0.717) is 9.49 Å². The fourth-order valence-corrected chi connectivity index (χ4v) is 5.06. The fourth-order valence-electron chi connectivity index (χ4n) is 2.66. The Morgan fingerprint density at radius 1 is 0.852 bits per heavy atom. The average molecular weight is 447 g/mol. The van der Waals surface area contributed by atoms with Gasteiger partial charge < -0.3 is 39.4 Å². The summed E-state index contributed by atoms with van der Waals surface area (Å²) in [4.78, 5) is 2.89. The van der Waals surface area contributed by atoms with Gasteiger partial charge in [-0.1, -0.05) is 62.3 Å². The summed E-state index contributed by atoms with van der Waals surface area (Å²) < 4.78 is 0.635. The van der Waals surface area contributed by atoms with E-state index in [4.69, 9.17) is 0 Å². The Morgan fingerprint density at radius 2 is 1.37 bits per heavy atom. The Bertz CT molecular complexity index is 670. The fraction of sp³-hybridized carbons (Fsp3) is 0.583. The van der Waals surface area contributed by atoms with Crippen LogP contribution in [0.4, 0.5) is 0 Å². The molecule has 0 spiro atoms. The predicted octanol–water partition coefficient (Wildman–Crippen LogP) is 8.44. The second-order valence-electron chi connectivity index (χ2n) is 9.31. The summed E-state index contributed by atoms with van der Waals surface area (Å²) in [7, 11) is 0. The Labute approximate surface area is 187 Å². The maximum Gasteiger partial charge on any atom is 0 e. The molecule has 0 aliphatic heterocycles. The summed E-state index contributed by atoms with van der Waals surface area (Å²) in [5, 5.41) is 0. The van der Waals surface area contributed by atoms with Crippen LogP contribution in [0.1, 0.15) is 74.9 Å². The summed E-state index contributed by atoms with van der Waals surface area (Å²) in [5.74, 6) is 0. The van der Waals surface area contributed by atoms with E-state index in [0.717, 1.165) is 0 Å². The van der Waals surface area contributed by atoms with E-state index in [-0.39, 0.29) is 17.1 Å². The minimum Gasteiger partial charge on any atom is -0.734 e. The molecular formula is C24H38FeS2-6. The van der Waals surface area contributed by atoms with Crippen LogP contribution < -0.4 is 0 Å². The van der Waals surface area contributed by atoms with Crippen molar-refractivity contribution in [2.45, 2.75) is 102 Å². The van der Waals surface area contributed by atoms with Gasteiger partial charge in [-0.2, -0.15) is 22.8 Å². The van der Waals surface area contributed by atoms with Crippen LogP contribution in [0.25, 0.3) is 0 Å². The molecule has 0 aliphatic rings. The Kier molecular flexibility index (Phi) is 10.1. The first-order chi connectivity index (χ1) is 11.6. The largest absolute Gasteiger partial charge is 0.734 e. The Morgan fingerprint density at radius 3 is 1.67 bits per heavy atom. The van der Waals surface area contributed by atoms with Crippen molar-refractivity contribution in [1.29, 1.82) is 0 Å². The van der Waals surface area contributed by atoms with Crippen molar-refractivity contribution in [3.63, 3.8) is 0 Å². The van der Waals surface area contributed by atoms with Crippen molar-refractivity contribution in [3.05, 3.63) is 45.5 Å². The second-order valence-corrected chi connectivity index (χ2v) is 13.0. The van der Waals surface area contributed by atoms with Crippen LogP contribution in [-0.2, 0) is 17.1 Å². The van der Waals surface area contributed by atoms with E-state index in [2.05, 4.69) is 95.2 Å². The minimum atomic E-state index is 0. The number of hydrogen-bond donors (Lipinski definition) is 0. The summed E-state index contributed by atoms with van der Waals surface area (Å²) in [6.45, 7) is 26.8. The van der Waals surface area contributed by atoms with Crippen LogP contribution in [0.2, 0.25) is 0 Å². The summed E-state index contributed by atoms with van der Waals surface area (Å²) in [6.07, 6.45) is 0. The molecule has 0 bridgehead atoms. The van der Waals surface area contributed by atoms with Crippen LogP contribution in [0.15, 0.2) is 21.9 Å². The van der Waals surface area contributed by atoms with Gasteiger partial charge in [-0.25, -0.2) is 32.5 Å². The third-order valence-electron chi connectivity index (χ3n) is 4.57. The third kappa shape index (κ3) is 8.44. The maximum absolute atomic E-state index is 2.31.